The Kier molecular flexibility index (Phi) is 5.73. The number of anilines is 1. The van der Waals surface area contributed by atoms with Crippen LogP contribution in [-0.2, 0) is 11.2 Å². The number of aryl methyl sites for hydroxylation is 1. The van der Waals surface area contributed by atoms with Gasteiger partial charge in [-0.2, -0.15) is 5.10 Å². The first-order valence-electron chi connectivity index (χ1n) is 6.68. The number of unbranched alkanes of at least 4 members (excludes halogenated alkanes) is 1. The summed E-state index contributed by atoms with van der Waals surface area (Å²) in [4.78, 5) is 11.3. The molecule has 0 saturated carbocycles. The van der Waals surface area contributed by atoms with Crippen LogP contribution in [0, 0.1) is 0 Å². The van der Waals surface area contributed by atoms with Crippen LogP contribution in [0.5, 0.6) is 5.75 Å². The van der Waals surface area contributed by atoms with Gasteiger partial charge in [-0.15, -0.1) is 11.8 Å². The summed E-state index contributed by atoms with van der Waals surface area (Å²) in [6.07, 6.45) is 3.40. The van der Waals surface area contributed by atoms with E-state index < -0.39 is 0 Å². The van der Waals surface area contributed by atoms with Crippen LogP contribution < -0.4 is 15.9 Å². The first kappa shape index (κ1) is 14.7. The molecule has 0 aromatic heterocycles. The molecular formula is C14H19N3O2S. The molecule has 20 heavy (non-hydrogen) atoms. The van der Waals surface area contributed by atoms with Gasteiger partial charge in [0.05, 0.1) is 12.2 Å². The molecule has 1 aliphatic heterocycles. The molecule has 1 aliphatic rings. The Hall–Kier alpha value is -1.69. The molecule has 5 nitrogen and oxygen atoms in total. The highest BCUT2D eigenvalue weighted by molar-refractivity contribution is 8.12. The second kappa shape index (κ2) is 7.79. The number of amides is 1. The lowest BCUT2D eigenvalue weighted by Gasteiger charge is -2.17. The van der Waals surface area contributed by atoms with Crippen LogP contribution in [0.4, 0.5) is 5.69 Å². The molecule has 6 heteroatoms. The van der Waals surface area contributed by atoms with E-state index in [0.717, 1.165) is 42.0 Å². The van der Waals surface area contributed by atoms with Gasteiger partial charge >= 0.3 is 0 Å². The van der Waals surface area contributed by atoms with E-state index in [2.05, 4.69) is 10.4 Å². The number of fused-ring (bicyclic) bond motifs is 1. The highest BCUT2D eigenvalue weighted by Crippen LogP contribution is 2.26. The Balaban J connectivity index is 1.73. The Bertz CT molecular complexity index is 491. The zero-order valence-corrected chi connectivity index (χ0v) is 12.1. The Morgan fingerprint density at radius 1 is 1.40 bits per heavy atom. The third-order valence-corrected chi connectivity index (χ3v) is 3.83. The molecule has 3 N–H and O–H groups in total. The van der Waals surface area contributed by atoms with Crippen molar-refractivity contribution in [2.45, 2.75) is 25.7 Å². The molecule has 0 atom stereocenters. The Labute approximate surface area is 122 Å². The second-order valence-electron chi connectivity index (χ2n) is 4.55. The zero-order valence-electron chi connectivity index (χ0n) is 11.3. The molecule has 0 radical (unpaired) electrons. The Morgan fingerprint density at radius 2 is 2.30 bits per heavy atom. The number of hydrazone groups is 1. The van der Waals surface area contributed by atoms with Crippen molar-refractivity contribution in [3.8, 4) is 5.75 Å². The largest absolute Gasteiger partial charge is 0.494 e. The van der Waals surface area contributed by atoms with E-state index in [0.29, 0.717) is 13.0 Å². The minimum absolute atomic E-state index is 0.0877. The maximum Gasteiger partial charge on any atom is 0.224 e. The number of nitrogens with one attached hydrogen (secondary N) is 1. The van der Waals surface area contributed by atoms with Crippen molar-refractivity contribution in [3.05, 3.63) is 23.8 Å². The van der Waals surface area contributed by atoms with E-state index in [-0.39, 0.29) is 5.91 Å². The van der Waals surface area contributed by atoms with Crippen molar-refractivity contribution in [1.29, 1.82) is 0 Å². The van der Waals surface area contributed by atoms with Gasteiger partial charge in [0, 0.05) is 12.1 Å². The van der Waals surface area contributed by atoms with Gasteiger partial charge < -0.3 is 15.9 Å². The van der Waals surface area contributed by atoms with Gasteiger partial charge in [-0.1, -0.05) is 0 Å². The molecule has 1 aromatic carbocycles. The molecule has 2 rings (SSSR count). The zero-order chi connectivity index (χ0) is 14.2. The average molecular weight is 293 g/mol. The lowest BCUT2D eigenvalue weighted by molar-refractivity contribution is -0.116. The lowest BCUT2D eigenvalue weighted by Crippen LogP contribution is -2.18. The number of nitrogens with two attached hydrogens (primary N) is 1. The molecule has 0 saturated heterocycles. The van der Waals surface area contributed by atoms with Gasteiger partial charge in [0.25, 0.3) is 0 Å². The first-order valence-corrected chi connectivity index (χ1v) is 7.73. The third kappa shape index (κ3) is 4.45. The average Bonchev–Trinajstić information content (AvgIpc) is 2.46. The smallest absolute Gasteiger partial charge is 0.224 e. The molecule has 1 aromatic rings. The predicted molar refractivity (Wildman–Crippen MR) is 83.3 cm³/mol. The maximum atomic E-state index is 11.3. The summed E-state index contributed by atoms with van der Waals surface area (Å²) in [6.45, 7) is 0.700. The van der Waals surface area contributed by atoms with E-state index in [9.17, 15) is 4.79 Å². The van der Waals surface area contributed by atoms with E-state index in [4.69, 9.17) is 10.6 Å². The molecular weight excluding hydrogens is 274 g/mol. The number of benzene rings is 1. The molecule has 1 heterocycles. The monoisotopic (exact) mass is 293 g/mol. The van der Waals surface area contributed by atoms with E-state index in [1.807, 2.05) is 18.2 Å². The number of thioether (sulfide) groups is 1. The van der Waals surface area contributed by atoms with Gasteiger partial charge in [-0.05, 0) is 48.8 Å². The number of carbonyl (C=O) groups excluding carboxylic acids is 1. The van der Waals surface area contributed by atoms with Gasteiger partial charge in [-0.3, -0.25) is 4.79 Å². The van der Waals surface area contributed by atoms with E-state index >= 15 is 0 Å². The van der Waals surface area contributed by atoms with Crippen LogP contribution in [0.25, 0.3) is 0 Å². The SMILES string of the molecule is NN=CSCCCCOc1ccc2c(c1)CCC(=O)N2. The standard InChI is InChI=1S/C14H19N3O2S/c15-16-10-20-8-2-1-7-19-12-4-5-13-11(9-12)3-6-14(18)17-13/h4-5,9-10H,1-3,6-8,15H2,(H,17,18). The normalized spacial score (nSPS) is 14.1. The van der Waals surface area contributed by atoms with Crippen molar-refractivity contribution in [1.82, 2.24) is 0 Å². The number of carbonyl (C=O) groups is 1. The summed E-state index contributed by atoms with van der Waals surface area (Å²) in [7, 11) is 0. The van der Waals surface area contributed by atoms with Crippen molar-refractivity contribution in [2.75, 3.05) is 17.7 Å². The topological polar surface area (TPSA) is 76.7 Å². The summed E-state index contributed by atoms with van der Waals surface area (Å²) in [5.41, 5.74) is 3.71. The summed E-state index contributed by atoms with van der Waals surface area (Å²) in [5, 5.41) is 6.29. The maximum absolute atomic E-state index is 11.3. The summed E-state index contributed by atoms with van der Waals surface area (Å²) in [6, 6.07) is 5.83. The number of hydrogen-bond acceptors (Lipinski definition) is 5. The van der Waals surface area contributed by atoms with Gasteiger partial charge in [0.2, 0.25) is 5.91 Å². The van der Waals surface area contributed by atoms with Crippen LogP contribution in [0.1, 0.15) is 24.8 Å². The highest BCUT2D eigenvalue weighted by Gasteiger charge is 2.14. The lowest BCUT2D eigenvalue weighted by atomic mass is 10.0. The summed E-state index contributed by atoms with van der Waals surface area (Å²) >= 11 is 1.61. The highest BCUT2D eigenvalue weighted by atomic mass is 32.2. The van der Waals surface area contributed by atoms with Crippen LogP contribution in [0.3, 0.4) is 0 Å². The Morgan fingerprint density at radius 3 is 3.15 bits per heavy atom. The molecule has 0 bridgehead atoms. The number of rotatable bonds is 7. The predicted octanol–water partition coefficient (Wildman–Crippen LogP) is 2.37. The van der Waals surface area contributed by atoms with Crippen molar-refractivity contribution in [2.24, 2.45) is 10.9 Å². The molecule has 1 amide bonds. The number of hydrogen-bond donors (Lipinski definition) is 2. The molecule has 0 aliphatic carbocycles. The summed E-state index contributed by atoms with van der Waals surface area (Å²) in [5.74, 6) is 6.97. The molecule has 0 spiro atoms. The number of ether oxygens (including phenoxy) is 1. The quantitative estimate of drug-likeness (QED) is 0.266. The van der Waals surface area contributed by atoms with Crippen molar-refractivity contribution >= 4 is 28.9 Å². The van der Waals surface area contributed by atoms with Crippen LogP contribution >= 0.6 is 11.8 Å². The van der Waals surface area contributed by atoms with E-state index in [1.165, 1.54) is 0 Å². The van der Waals surface area contributed by atoms with Crippen LogP contribution in [0.2, 0.25) is 0 Å². The fourth-order valence-electron chi connectivity index (χ4n) is 2.02. The fraction of sp³-hybridized carbons (Fsp3) is 0.429. The molecule has 0 unspecified atom stereocenters. The van der Waals surface area contributed by atoms with Crippen LogP contribution in [0.15, 0.2) is 23.3 Å². The van der Waals surface area contributed by atoms with Gasteiger partial charge in [-0.25, -0.2) is 0 Å². The molecule has 108 valence electrons. The van der Waals surface area contributed by atoms with Crippen molar-refractivity contribution in [3.63, 3.8) is 0 Å². The third-order valence-electron chi connectivity index (χ3n) is 3.03. The van der Waals surface area contributed by atoms with Gasteiger partial charge in [0.1, 0.15) is 5.75 Å². The van der Waals surface area contributed by atoms with Crippen LogP contribution in [-0.4, -0.2) is 23.8 Å². The van der Waals surface area contributed by atoms with Crippen molar-refractivity contribution < 1.29 is 9.53 Å². The minimum Gasteiger partial charge on any atom is -0.494 e. The molecule has 0 fully saturated rings. The number of nitrogens with zero attached hydrogens (tertiary/aromatic N) is 1. The van der Waals surface area contributed by atoms with Gasteiger partial charge in [0.15, 0.2) is 0 Å². The fourth-order valence-corrected chi connectivity index (χ4v) is 2.59. The summed E-state index contributed by atoms with van der Waals surface area (Å²) < 4.78 is 5.73. The minimum atomic E-state index is 0.0877. The second-order valence-corrected chi connectivity index (χ2v) is 5.50. The first-order chi connectivity index (χ1) is 9.79. The van der Waals surface area contributed by atoms with E-state index in [1.54, 1.807) is 17.3 Å².